The van der Waals surface area contributed by atoms with Crippen molar-refractivity contribution >= 4 is 18.4 Å². The third kappa shape index (κ3) is 3.08. The standard InChI is InChI=1S/C8H9N4O4PS/c13-17(14,15)6-18(16)8-9-10-11-12(8)7-4-2-1-3-5-7/h1-5H,6H2,(H2,13,14,15). The maximum atomic E-state index is 11.8. The Morgan fingerprint density at radius 1 is 1.28 bits per heavy atom. The van der Waals surface area contributed by atoms with Crippen molar-refractivity contribution in [2.24, 2.45) is 0 Å². The van der Waals surface area contributed by atoms with Gasteiger partial charge in [0.1, 0.15) is 16.3 Å². The molecule has 0 aliphatic carbocycles. The lowest BCUT2D eigenvalue weighted by Crippen LogP contribution is -2.08. The summed E-state index contributed by atoms with van der Waals surface area (Å²) in [4.78, 5) is 17.6. The molecule has 8 nitrogen and oxygen atoms in total. The lowest BCUT2D eigenvalue weighted by Gasteiger charge is -2.05. The van der Waals surface area contributed by atoms with Gasteiger partial charge in [-0.05, 0) is 22.6 Å². The minimum atomic E-state index is -4.38. The van der Waals surface area contributed by atoms with E-state index in [2.05, 4.69) is 15.5 Å². The van der Waals surface area contributed by atoms with Gasteiger partial charge >= 0.3 is 7.60 Å². The Morgan fingerprint density at radius 3 is 2.56 bits per heavy atom. The molecule has 0 aliphatic rings. The van der Waals surface area contributed by atoms with Crippen LogP contribution >= 0.6 is 7.60 Å². The topological polar surface area (TPSA) is 118 Å². The average molecular weight is 288 g/mol. The van der Waals surface area contributed by atoms with E-state index in [1.165, 1.54) is 4.68 Å². The summed E-state index contributed by atoms with van der Waals surface area (Å²) in [6.45, 7) is 0. The summed E-state index contributed by atoms with van der Waals surface area (Å²) in [7, 11) is -6.35. The highest BCUT2D eigenvalue weighted by Gasteiger charge is 2.24. The average Bonchev–Trinajstić information content (AvgIpc) is 2.76. The summed E-state index contributed by atoms with van der Waals surface area (Å²) in [5.74, 6) is 0. The zero-order valence-corrected chi connectivity index (χ0v) is 10.7. The molecule has 96 valence electrons. The fourth-order valence-electron chi connectivity index (χ4n) is 1.26. The van der Waals surface area contributed by atoms with Crippen molar-refractivity contribution in [2.75, 3.05) is 5.49 Å². The highest BCUT2D eigenvalue weighted by atomic mass is 32.2. The molecule has 2 rings (SSSR count). The summed E-state index contributed by atoms with van der Waals surface area (Å²) in [5.41, 5.74) is -0.239. The van der Waals surface area contributed by atoms with Gasteiger partial charge in [-0.25, -0.2) is 0 Å². The van der Waals surface area contributed by atoms with Crippen LogP contribution < -0.4 is 0 Å². The van der Waals surface area contributed by atoms with E-state index in [0.29, 0.717) is 5.69 Å². The maximum Gasteiger partial charge on any atom is 0.338 e. The van der Waals surface area contributed by atoms with Crippen molar-refractivity contribution < 1.29 is 18.6 Å². The van der Waals surface area contributed by atoms with E-state index >= 15 is 0 Å². The molecule has 2 aromatic rings. The van der Waals surface area contributed by atoms with Crippen LogP contribution in [0.2, 0.25) is 0 Å². The van der Waals surface area contributed by atoms with E-state index in [9.17, 15) is 8.77 Å². The van der Waals surface area contributed by atoms with Gasteiger partial charge in [0.15, 0.2) is 0 Å². The van der Waals surface area contributed by atoms with Crippen LogP contribution in [0.1, 0.15) is 0 Å². The Morgan fingerprint density at radius 2 is 1.94 bits per heavy atom. The Balaban J connectivity index is 2.34. The molecule has 1 aromatic heterocycles. The number of para-hydroxylation sites is 1. The molecular weight excluding hydrogens is 279 g/mol. The molecule has 1 unspecified atom stereocenters. The molecular formula is C8H9N4O4PS. The molecule has 1 heterocycles. The Kier molecular flexibility index (Phi) is 3.67. The number of hydrogen-bond acceptors (Lipinski definition) is 5. The minimum Gasteiger partial charge on any atom is -0.324 e. The van der Waals surface area contributed by atoms with E-state index in [1.807, 2.05) is 0 Å². The van der Waals surface area contributed by atoms with Crippen molar-refractivity contribution in [1.82, 2.24) is 20.2 Å². The van der Waals surface area contributed by atoms with Crippen molar-refractivity contribution in [1.29, 1.82) is 0 Å². The number of benzene rings is 1. The predicted molar refractivity (Wildman–Crippen MR) is 62.5 cm³/mol. The molecule has 1 aromatic carbocycles. The van der Waals surface area contributed by atoms with Crippen LogP contribution in [0, 0.1) is 0 Å². The maximum absolute atomic E-state index is 11.8. The van der Waals surface area contributed by atoms with Crippen molar-refractivity contribution in [3.8, 4) is 5.69 Å². The zero-order valence-electron chi connectivity index (χ0n) is 8.95. The monoisotopic (exact) mass is 288 g/mol. The first kappa shape index (κ1) is 13.0. The van der Waals surface area contributed by atoms with Crippen LogP contribution in [0.4, 0.5) is 0 Å². The highest BCUT2D eigenvalue weighted by molar-refractivity contribution is 7.91. The SMILES string of the molecule is O=S(CP(=O)(O)O)c1nnnn1-c1ccccc1. The summed E-state index contributed by atoms with van der Waals surface area (Å²) in [5, 5.41) is 10.5. The summed E-state index contributed by atoms with van der Waals surface area (Å²) < 4.78 is 23.8. The molecule has 0 radical (unpaired) electrons. The van der Waals surface area contributed by atoms with Crippen LogP contribution in [0.3, 0.4) is 0 Å². The smallest absolute Gasteiger partial charge is 0.324 e. The minimum absolute atomic E-state index is 0.0930. The van der Waals surface area contributed by atoms with Crippen LogP contribution in [0.25, 0.3) is 5.69 Å². The molecule has 10 heteroatoms. The Bertz CT molecular complexity index is 611. The fraction of sp³-hybridized carbons (Fsp3) is 0.125. The molecule has 1 atom stereocenters. The molecule has 0 spiro atoms. The second-order valence-corrected chi connectivity index (χ2v) is 6.77. The van der Waals surface area contributed by atoms with E-state index in [-0.39, 0.29) is 5.16 Å². The number of tetrazole rings is 1. The molecule has 2 N–H and O–H groups in total. The number of aromatic nitrogens is 4. The number of hydrogen-bond donors (Lipinski definition) is 2. The molecule has 18 heavy (non-hydrogen) atoms. The van der Waals surface area contributed by atoms with Gasteiger partial charge < -0.3 is 9.79 Å². The third-order valence-electron chi connectivity index (χ3n) is 1.93. The van der Waals surface area contributed by atoms with E-state index in [1.54, 1.807) is 30.3 Å². The van der Waals surface area contributed by atoms with Gasteiger partial charge in [-0.3, -0.25) is 8.77 Å². The van der Waals surface area contributed by atoms with Crippen molar-refractivity contribution in [3.05, 3.63) is 30.3 Å². The molecule has 0 bridgehead atoms. The highest BCUT2D eigenvalue weighted by Crippen LogP contribution is 2.36. The van der Waals surface area contributed by atoms with Gasteiger partial charge in [0.05, 0.1) is 5.69 Å². The summed E-state index contributed by atoms with van der Waals surface area (Å²) >= 11 is 0. The van der Waals surface area contributed by atoms with E-state index < -0.39 is 23.9 Å². The molecule has 0 fully saturated rings. The fourth-order valence-corrected chi connectivity index (χ4v) is 3.41. The first-order chi connectivity index (χ1) is 8.47. The first-order valence-electron chi connectivity index (χ1n) is 4.74. The second-order valence-electron chi connectivity index (χ2n) is 3.35. The predicted octanol–water partition coefficient (Wildman–Crippen LogP) is -0.0949. The lowest BCUT2D eigenvalue weighted by atomic mass is 10.3. The van der Waals surface area contributed by atoms with Gasteiger partial charge in [0, 0.05) is 0 Å². The second kappa shape index (κ2) is 5.07. The summed E-state index contributed by atoms with van der Waals surface area (Å²) in [6.07, 6.45) is 0. The molecule has 0 aliphatic heterocycles. The van der Waals surface area contributed by atoms with Crippen LogP contribution in [-0.4, -0.2) is 39.7 Å². The van der Waals surface area contributed by atoms with Crippen LogP contribution in [0.5, 0.6) is 0 Å². The normalized spacial score (nSPS) is 13.4. The number of nitrogens with zero attached hydrogens (tertiary/aromatic N) is 4. The first-order valence-corrected chi connectivity index (χ1v) is 7.86. The van der Waals surface area contributed by atoms with Gasteiger partial charge in [-0.2, -0.15) is 4.68 Å². The van der Waals surface area contributed by atoms with Gasteiger partial charge in [-0.15, -0.1) is 0 Å². The van der Waals surface area contributed by atoms with Crippen molar-refractivity contribution in [2.45, 2.75) is 5.16 Å². The molecule has 0 saturated heterocycles. The van der Waals surface area contributed by atoms with Crippen LogP contribution in [-0.2, 0) is 15.4 Å². The summed E-state index contributed by atoms with van der Waals surface area (Å²) in [6, 6.07) is 8.66. The van der Waals surface area contributed by atoms with Crippen LogP contribution in [0.15, 0.2) is 35.5 Å². The van der Waals surface area contributed by atoms with Gasteiger partial charge in [-0.1, -0.05) is 23.3 Å². The molecule has 0 saturated carbocycles. The Hall–Kier alpha value is -1.41. The van der Waals surface area contributed by atoms with E-state index in [4.69, 9.17) is 9.79 Å². The molecule has 0 amide bonds. The third-order valence-corrected chi connectivity index (χ3v) is 4.88. The quantitative estimate of drug-likeness (QED) is 0.754. The lowest BCUT2D eigenvalue weighted by molar-refractivity contribution is 0.379. The van der Waals surface area contributed by atoms with E-state index in [0.717, 1.165) is 0 Å². The number of rotatable bonds is 4. The Labute approximate surface area is 104 Å². The van der Waals surface area contributed by atoms with Gasteiger partial charge in [0.25, 0.3) is 0 Å². The zero-order chi connectivity index (χ0) is 13.2. The van der Waals surface area contributed by atoms with Crippen molar-refractivity contribution in [3.63, 3.8) is 0 Å². The van der Waals surface area contributed by atoms with Gasteiger partial charge in [0.2, 0.25) is 5.16 Å². The largest absolute Gasteiger partial charge is 0.338 e.